The van der Waals surface area contributed by atoms with Gasteiger partial charge in [-0.2, -0.15) is 0 Å². The van der Waals surface area contributed by atoms with Gasteiger partial charge in [0.1, 0.15) is 0 Å². The van der Waals surface area contributed by atoms with Crippen LogP contribution in [-0.2, 0) is 4.79 Å². The SMILES string of the molecule is CC(N)CC(=O)NC1CCCCC1C(C)(C)C.Cl. The Hall–Kier alpha value is -0.280. The summed E-state index contributed by atoms with van der Waals surface area (Å²) in [7, 11) is 0. The molecule has 0 spiro atoms. The monoisotopic (exact) mass is 276 g/mol. The molecule has 1 aliphatic carbocycles. The number of amides is 1. The van der Waals surface area contributed by atoms with Gasteiger partial charge in [-0.05, 0) is 31.1 Å². The van der Waals surface area contributed by atoms with Gasteiger partial charge in [0, 0.05) is 18.5 Å². The third kappa shape index (κ3) is 5.57. The van der Waals surface area contributed by atoms with Gasteiger partial charge in [0.15, 0.2) is 0 Å². The van der Waals surface area contributed by atoms with Crippen LogP contribution in [0.1, 0.15) is 59.8 Å². The Balaban J connectivity index is 0.00000289. The number of rotatable bonds is 3. The third-order valence-electron chi connectivity index (χ3n) is 3.73. The minimum absolute atomic E-state index is 0. The summed E-state index contributed by atoms with van der Waals surface area (Å²) in [6.07, 6.45) is 5.31. The molecule has 3 N–H and O–H groups in total. The molecule has 3 nitrogen and oxygen atoms in total. The number of halogens is 1. The first-order chi connectivity index (χ1) is 7.80. The summed E-state index contributed by atoms with van der Waals surface area (Å²) in [5, 5.41) is 3.19. The van der Waals surface area contributed by atoms with E-state index in [2.05, 4.69) is 26.1 Å². The minimum Gasteiger partial charge on any atom is -0.353 e. The molecule has 18 heavy (non-hydrogen) atoms. The zero-order chi connectivity index (χ0) is 13.1. The molecule has 1 fully saturated rings. The van der Waals surface area contributed by atoms with Gasteiger partial charge < -0.3 is 11.1 Å². The maximum atomic E-state index is 11.8. The normalized spacial score (nSPS) is 26.1. The Morgan fingerprint density at radius 2 is 1.89 bits per heavy atom. The van der Waals surface area contributed by atoms with Gasteiger partial charge in [0.25, 0.3) is 0 Å². The number of carbonyl (C=O) groups excluding carboxylic acids is 1. The molecule has 1 saturated carbocycles. The second kappa shape index (κ2) is 7.34. The topological polar surface area (TPSA) is 55.1 Å². The molecule has 0 aromatic rings. The molecule has 1 rings (SSSR count). The highest BCUT2D eigenvalue weighted by atomic mass is 35.5. The average Bonchev–Trinajstić information content (AvgIpc) is 2.15. The minimum atomic E-state index is -0.0494. The quantitative estimate of drug-likeness (QED) is 0.833. The van der Waals surface area contributed by atoms with Crippen LogP contribution in [0.25, 0.3) is 0 Å². The molecule has 1 amide bonds. The third-order valence-corrected chi connectivity index (χ3v) is 3.73. The lowest BCUT2D eigenvalue weighted by Gasteiger charge is -2.40. The predicted molar refractivity (Wildman–Crippen MR) is 78.9 cm³/mol. The van der Waals surface area contributed by atoms with E-state index < -0.39 is 0 Å². The van der Waals surface area contributed by atoms with E-state index in [1.54, 1.807) is 0 Å². The van der Waals surface area contributed by atoms with Crippen LogP contribution in [0.3, 0.4) is 0 Å². The molecule has 0 heterocycles. The Morgan fingerprint density at radius 3 is 2.39 bits per heavy atom. The van der Waals surface area contributed by atoms with Gasteiger partial charge in [-0.25, -0.2) is 0 Å². The van der Waals surface area contributed by atoms with Crippen molar-refractivity contribution < 1.29 is 4.79 Å². The fourth-order valence-electron chi connectivity index (χ4n) is 2.90. The van der Waals surface area contributed by atoms with Crippen LogP contribution in [0.15, 0.2) is 0 Å². The summed E-state index contributed by atoms with van der Waals surface area (Å²) in [4.78, 5) is 11.8. The van der Waals surface area contributed by atoms with Crippen molar-refractivity contribution in [1.29, 1.82) is 0 Å². The number of hydrogen-bond donors (Lipinski definition) is 2. The van der Waals surface area contributed by atoms with E-state index in [0.29, 0.717) is 18.4 Å². The number of carbonyl (C=O) groups is 1. The van der Waals surface area contributed by atoms with Crippen molar-refractivity contribution in [2.24, 2.45) is 17.1 Å². The Bertz CT molecular complexity index is 261. The maximum absolute atomic E-state index is 11.8. The summed E-state index contributed by atoms with van der Waals surface area (Å²) in [6.45, 7) is 8.69. The van der Waals surface area contributed by atoms with Gasteiger partial charge in [-0.15, -0.1) is 12.4 Å². The van der Waals surface area contributed by atoms with Crippen molar-refractivity contribution in [3.05, 3.63) is 0 Å². The first-order valence-electron chi connectivity index (χ1n) is 6.85. The summed E-state index contributed by atoms with van der Waals surface area (Å²) in [6, 6.07) is 0.293. The van der Waals surface area contributed by atoms with Crippen molar-refractivity contribution in [1.82, 2.24) is 5.32 Å². The predicted octanol–water partition coefficient (Wildman–Crippen LogP) is 2.87. The Morgan fingerprint density at radius 1 is 1.33 bits per heavy atom. The second-order valence-electron chi connectivity index (χ2n) is 6.61. The van der Waals surface area contributed by atoms with E-state index in [1.807, 2.05) is 6.92 Å². The zero-order valence-corrected chi connectivity index (χ0v) is 13.0. The molecule has 0 saturated heterocycles. The molecular weight excluding hydrogens is 248 g/mol. The fraction of sp³-hybridized carbons (Fsp3) is 0.929. The first-order valence-corrected chi connectivity index (χ1v) is 6.85. The summed E-state index contributed by atoms with van der Waals surface area (Å²) < 4.78 is 0. The molecule has 0 aromatic heterocycles. The maximum Gasteiger partial charge on any atom is 0.221 e. The van der Waals surface area contributed by atoms with E-state index in [1.165, 1.54) is 19.3 Å². The van der Waals surface area contributed by atoms with E-state index in [0.717, 1.165) is 6.42 Å². The van der Waals surface area contributed by atoms with Crippen molar-refractivity contribution in [2.45, 2.75) is 71.9 Å². The molecule has 0 radical (unpaired) electrons. The van der Waals surface area contributed by atoms with Gasteiger partial charge in [0.2, 0.25) is 5.91 Å². The molecule has 1 aliphatic rings. The highest BCUT2D eigenvalue weighted by Gasteiger charge is 2.34. The van der Waals surface area contributed by atoms with Gasteiger partial charge in [0.05, 0.1) is 0 Å². The summed E-state index contributed by atoms with van der Waals surface area (Å²) in [5.41, 5.74) is 5.93. The first kappa shape index (κ1) is 17.7. The van der Waals surface area contributed by atoms with Crippen molar-refractivity contribution in [3.63, 3.8) is 0 Å². The van der Waals surface area contributed by atoms with Crippen LogP contribution in [0.2, 0.25) is 0 Å². The van der Waals surface area contributed by atoms with Crippen LogP contribution in [0.4, 0.5) is 0 Å². The molecule has 0 aliphatic heterocycles. The number of nitrogens with one attached hydrogen (secondary N) is 1. The molecule has 4 heteroatoms. The van der Waals surface area contributed by atoms with Gasteiger partial charge >= 0.3 is 0 Å². The van der Waals surface area contributed by atoms with E-state index in [-0.39, 0.29) is 29.8 Å². The highest BCUT2D eigenvalue weighted by molar-refractivity contribution is 5.85. The zero-order valence-electron chi connectivity index (χ0n) is 12.2. The van der Waals surface area contributed by atoms with Crippen LogP contribution < -0.4 is 11.1 Å². The van der Waals surface area contributed by atoms with Crippen molar-refractivity contribution >= 4 is 18.3 Å². The number of hydrogen-bond acceptors (Lipinski definition) is 2. The molecule has 0 bridgehead atoms. The fourth-order valence-corrected chi connectivity index (χ4v) is 2.90. The second-order valence-corrected chi connectivity index (χ2v) is 6.61. The Labute approximate surface area is 118 Å². The van der Waals surface area contributed by atoms with Gasteiger partial charge in [-0.3, -0.25) is 4.79 Å². The molecule has 3 atom stereocenters. The van der Waals surface area contributed by atoms with Crippen LogP contribution in [0, 0.1) is 11.3 Å². The average molecular weight is 277 g/mol. The van der Waals surface area contributed by atoms with Crippen molar-refractivity contribution in [3.8, 4) is 0 Å². The summed E-state index contributed by atoms with van der Waals surface area (Å²) >= 11 is 0. The lowest BCUT2D eigenvalue weighted by Crippen LogP contribution is -2.47. The molecule has 108 valence electrons. The smallest absolute Gasteiger partial charge is 0.221 e. The van der Waals surface area contributed by atoms with E-state index in [9.17, 15) is 4.79 Å². The van der Waals surface area contributed by atoms with Crippen LogP contribution in [-0.4, -0.2) is 18.0 Å². The van der Waals surface area contributed by atoms with E-state index in [4.69, 9.17) is 5.73 Å². The van der Waals surface area contributed by atoms with Crippen LogP contribution in [0.5, 0.6) is 0 Å². The van der Waals surface area contributed by atoms with E-state index >= 15 is 0 Å². The lowest BCUT2D eigenvalue weighted by atomic mass is 9.69. The molecular formula is C14H29ClN2O. The Kier molecular flexibility index (Phi) is 7.23. The summed E-state index contributed by atoms with van der Waals surface area (Å²) in [5.74, 6) is 0.703. The molecule has 0 aromatic carbocycles. The van der Waals surface area contributed by atoms with Gasteiger partial charge in [-0.1, -0.05) is 33.6 Å². The highest BCUT2D eigenvalue weighted by Crippen LogP contribution is 2.37. The number of nitrogens with two attached hydrogens (primary N) is 1. The largest absolute Gasteiger partial charge is 0.353 e. The lowest BCUT2D eigenvalue weighted by molar-refractivity contribution is -0.123. The van der Waals surface area contributed by atoms with Crippen LogP contribution >= 0.6 is 12.4 Å². The molecule has 3 unspecified atom stereocenters. The standard InChI is InChI=1S/C14H28N2O.ClH/c1-10(15)9-13(17)16-12-8-6-5-7-11(12)14(2,3)4;/h10-12H,5-9,15H2,1-4H3,(H,16,17);1H. The van der Waals surface area contributed by atoms with Crippen molar-refractivity contribution in [2.75, 3.05) is 0 Å².